The molecule has 5 heterocycles. The fourth-order valence-electron chi connectivity index (χ4n) is 15.0. The van der Waals surface area contributed by atoms with Crippen molar-refractivity contribution >= 4 is 102 Å². The second kappa shape index (κ2) is 54.2. The van der Waals surface area contributed by atoms with Crippen molar-refractivity contribution in [3.05, 3.63) is 70.2 Å². The average molecular weight is 1870 g/mol. The van der Waals surface area contributed by atoms with Crippen molar-refractivity contribution in [3.63, 3.8) is 0 Å². The zero-order valence-corrected chi connectivity index (χ0v) is 89.8. The van der Waals surface area contributed by atoms with Crippen LogP contribution < -0.4 is 0 Å². The molecule has 30 heteroatoms. The third-order valence-corrected chi connectivity index (χ3v) is 36.3. The zero-order chi connectivity index (χ0) is 94.2. The monoisotopic (exact) mass is 1870 g/mol. The molecule has 5 fully saturated rings. The molecule has 123 heavy (non-hydrogen) atoms. The summed E-state index contributed by atoms with van der Waals surface area (Å²) >= 11 is 0. The van der Waals surface area contributed by atoms with Crippen molar-refractivity contribution < 1.29 is 95.9 Å². The molecular weight excluding hydrogens is 1700 g/mol. The Kier molecular flexibility index (Phi) is 54.3. The average Bonchev–Trinajstić information content (AvgIpc) is 1.64. The van der Waals surface area contributed by atoms with Crippen LogP contribution in [0.5, 0.6) is 0 Å². The van der Waals surface area contributed by atoms with E-state index in [0.717, 1.165) is 99.3 Å². The molecule has 4 unspecified atom stereocenters. The molecule has 0 radical (unpaired) electrons. The number of ether oxygens (including phenoxy) is 10. The second-order valence-electron chi connectivity index (χ2n) is 39.3. The van der Waals surface area contributed by atoms with Gasteiger partial charge in [-0.1, -0.05) is 86.6 Å². The van der Waals surface area contributed by atoms with Crippen LogP contribution in [0, 0.1) is 6.92 Å². The van der Waals surface area contributed by atoms with Crippen molar-refractivity contribution in [2.24, 2.45) is 0 Å². The summed E-state index contributed by atoms with van der Waals surface area (Å²) in [6, 6.07) is 8.30. The van der Waals surface area contributed by atoms with E-state index in [4.69, 9.17) is 60.6 Å². The van der Waals surface area contributed by atoms with Gasteiger partial charge >= 0.3 is 53.5 Å². The third kappa shape index (κ3) is 40.7. The molecule has 5 aliphatic rings. The molecule has 0 saturated carbocycles. The maximum atomic E-state index is 13.0. The number of aldehydes is 1. The molecule has 5 amide bonds. The largest absolute Gasteiger partial charge is 2.00 e. The van der Waals surface area contributed by atoms with Gasteiger partial charge in [-0.25, -0.2) is 24.0 Å². The predicted molar refractivity (Wildman–Crippen MR) is 513 cm³/mol. The summed E-state index contributed by atoms with van der Waals surface area (Å²) in [5.74, 6) is 0. The Morgan fingerprint density at radius 3 is 0.764 bits per heavy atom. The van der Waals surface area contributed by atoms with Gasteiger partial charge in [-0.3, -0.25) is 24.5 Å². The van der Waals surface area contributed by atoms with E-state index in [2.05, 4.69) is 102 Å². The van der Waals surface area contributed by atoms with Crippen LogP contribution in [-0.2, 0) is 65.4 Å². The SMILES string of the molecule is Br.C=CCCC(O)C1COC(C)(C)N1C(=O)OC(C)(C)C.C=CCCC(O[Si](CC)(CC)CC)C1COC(C)(C)N1C(=O)OC(C)(C)C.C=CCC[C@@H](O[Si](CC)(CC)CC)[C@@H]1COC(C)(C)N1C(=O)OC(C)(C)C.C=CCC[C@H](O[Si](CC)(CC)CC)[C@@H]1COC(C)(C)N1C(=O)OC(C)(C)C.C=CC[CH2-].CC(C)(C)OC(=O)N1[C@H](C=O)COC1(C)C.[H-].[Mg+2]. The second-order valence-corrected chi connectivity index (χ2v) is 53.5. The van der Waals surface area contributed by atoms with Crippen LogP contribution >= 0.6 is 17.0 Å². The molecule has 0 spiro atoms. The molecule has 0 aromatic heterocycles. The van der Waals surface area contributed by atoms with Gasteiger partial charge in [-0.05, 0) is 279 Å². The Hall–Kier alpha value is -3.74. The fraction of sp³-hybridized carbons (Fsp3) is 0.817. The number of allylic oxidation sites excluding steroid dienone is 5. The number of amides is 5. The quantitative estimate of drug-likeness (QED) is 0.0210. The topological polar surface area (TPSA) is 259 Å². The molecule has 0 aromatic rings. The van der Waals surface area contributed by atoms with E-state index in [1.54, 1.807) is 75.3 Å². The molecule has 5 rings (SSSR count). The first kappa shape index (κ1) is 123. The minimum atomic E-state index is -1.82. The summed E-state index contributed by atoms with van der Waals surface area (Å²) in [7, 11) is -5.47. The Balaban J connectivity index is -0.000000720. The zero-order valence-electron chi connectivity index (χ0n) is 84.7. The molecule has 716 valence electrons. The van der Waals surface area contributed by atoms with E-state index < -0.39 is 106 Å². The fourth-order valence-corrected chi connectivity index (χ4v) is 23.7. The van der Waals surface area contributed by atoms with Gasteiger partial charge in [0.1, 0.15) is 69.0 Å². The van der Waals surface area contributed by atoms with Gasteiger partial charge in [-0.15, -0.1) is 56.0 Å². The molecule has 0 bridgehead atoms. The van der Waals surface area contributed by atoms with Gasteiger partial charge in [0.05, 0.1) is 81.6 Å². The van der Waals surface area contributed by atoms with Crippen LogP contribution in [0.15, 0.2) is 63.3 Å². The molecule has 5 aliphatic heterocycles. The summed E-state index contributed by atoms with van der Waals surface area (Å²) in [4.78, 5) is 82.2. The number of aliphatic hydroxyl groups is 1. The summed E-state index contributed by atoms with van der Waals surface area (Å²) in [5, 5.41) is 10.3. The smallest absolute Gasteiger partial charge is 1.00 e. The molecule has 1 N–H and O–H groups in total. The van der Waals surface area contributed by atoms with Gasteiger partial charge in [-0.2, -0.15) is 6.42 Å². The van der Waals surface area contributed by atoms with Crippen LogP contribution in [0.4, 0.5) is 24.0 Å². The minimum absolute atomic E-state index is 0. The van der Waals surface area contributed by atoms with Gasteiger partial charge in [0, 0.05) is 0 Å². The molecule has 0 aliphatic carbocycles. The third-order valence-electron chi connectivity index (χ3n) is 22.3. The van der Waals surface area contributed by atoms with Crippen molar-refractivity contribution in [2.75, 3.05) is 33.0 Å². The van der Waals surface area contributed by atoms with Crippen LogP contribution in [0.25, 0.3) is 0 Å². The number of nitrogens with zero attached hydrogens (tertiary/aromatic N) is 5. The van der Waals surface area contributed by atoms with E-state index in [-0.39, 0.29) is 109 Å². The molecule has 9 atom stereocenters. The molecule has 5 saturated heterocycles. The Morgan fingerprint density at radius 2 is 0.569 bits per heavy atom. The molecular formula is C93H178BrMgN5O20Si3. The molecule has 25 nitrogen and oxygen atoms in total. The first-order valence-corrected chi connectivity index (χ1v) is 52.4. The number of carbonyl (C=O) groups excluding carboxylic acids is 6. The number of carbonyl (C=O) groups is 6. The van der Waals surface area contributed by atoms with Gasteiger partial charge < -0.3 is 78.9 Å². The van der Waals surface area contributed by atoms with E-state index in [9.17, 15) is 33.9 Å². The van der Waals surface area contributed by atoms with E-state index in [0.29, 0.717) is 45.6 Å². The van der Waals surface area contributed by atoms with Crippen molar-refractivity contribution in [3.8, 4) is 0 Å². The summed E-state index contributed by atoms with van der Waals surface area (Å²) in [6.45, 7) is 90.5. The number of hydrogen-bond acceptors (Lipinski definition) is 20. The van der Waals surface area contributed by atoms with Crippen molar-refractivity contribution in [1.82, 2.24) is 24.5 Å². The number of halogens is 1. The maximum absolute atomic E-state index is 13.0. The number of hydrogen-bond donors (Lipinski definition) is 1. The Morgan fingerprint density at radius 1 is 0.382 bits per heavy atom. The van der Waals surface area contributed by atoms with Crippen LogP contribution in [0.1, 0.15) is 295 Å². The first-order valence-electron chi connectivity index (χ1n) is 44.8. The minimum Gasteiger partial charge on any atom is -1.00 e. The molecule has 0 aromatic carbocycles. The van der Waals surface area contributed by atoms with Gasteiger partial charge in [0.2, 0.25) is 0 Å². The standard InChI is InChI=1S/3C21H41NO4Si.C15H27NO4.C11H19NO4.C4H7.BrH.Mg.H/c3*1-10-14-15-18(26-27(11-2,12-3)13-4)17-16-24-21(8,9)22(17)19(23)25-20(5,6)7;1-7-8-9-12(17)11-10-19-15(5,6)16(11)13(18)20-14(2,3)4;1-10(2,3)16-9(14)12-8(6-13)7-15-11(12,4)5;1-3-4-2;;;/h3*10,17-18H,1,11-16H2,2-9H3;7,11-12,17H,1,8-10H2,2-6H3;6,8H,7H2,1-5H3;3H,1-2,4H2;1H;;/q;;;;;-1;;+2;-1/t17-,18+;17-,18-;;;8-;;;;/m00..1..../s1. The van der Waals surface area contributed by atoms with E-state index in [1.165, 1.54) is 9.80 Å². The van der Waals surface area contributed by atoms with Crippen LogP contribution in [-0.4, -0.2) is 259 Å². The van der Waals surface area contributed by atoms with Crippen LogP contribution in [0.2, 0.25) is 54.4 Å². The number of rotatable bonds is 33. The Bertz CT molecular complexity index is 2930. The summed E-state index contributed by atoms with van der Waals surface area (Å²) in [6.07, 6.45) is 14.3. The normalized spacial score (nSPS) is 21.1. The van der Waals surface area contributed by atoms with E-state index >= 15 is 0 Å². The van der Waals surface area contributed by atoms with Gasteiger partial charge in [0.25, 0.3) is 0 Å². The van der Waals surface area contributed by atoms with Crippen LogP contribution in [0.3, 0.4) is 0 Å². The van der Waals surface area contributed by atoms with Crippen molar-refractivity contribution in [2.45, 2.75) is 459 Å². The van der Waals surface area contributed by atoms with Gasteiger partial charge in [0.15, 0.2) is 25.0 Å². The summed E-state index contributed by atoms with van der Waals surface area (Å²) < 4.78 is 77.3. The summed E-state index contributed by atoms with van der Waals surface area (Å²) in [5.41, 5.74) is -6.51. The Labute approximate surface area is 779 Å². The number of aliphatic hydroxyl groups excluding tert-OH is 1. The maximum Gasteiger partial charge on any atom is 2.00 e. The predicted octanol–water partition coefficient (Wildman–Crippen LogP) is 23.1. The first-order chi connectivity index (χ1) is 55.5. The van der Waals surface area contributed by atoms with Crippen molar-refractivity contribution in [1.29, 1.82) is 0 Å². The van der Waals surface area contributed by atoms with E-state index in [1.807, 2.05) is 143 Å².